The van der Waals surface area contributed by atoms with Crippen LogP contribution in [0.4, 0.5) is 0 Å². The predicted molar refractivity (Wildman–Crippen MR) is 118 cm³/mol. The van der Waals surface area contributed by atoms with Crippen molar-refractivity contribution in [3.8, 4) is 5.75 Å². The highest BCUT2D eigenvalue weighted by molar-refractivity contribution is 7.88. The minimum Gasteiger partial charge on any atom is -0.483 e. The first-order valence-corrected chi connectivity index (χ1v) is 12.7. The number of sulfonamides is 1. The molecule has 3 heterocycles. The minimum absolute atomic E-state index is 0.181. The molecule has 1 aromatic carbocycles. The minimum atomic E-state index is -3.15. The molecule has 4 rings (SSSR count). The molecule has 31 heavy (non-hydrogen) atoms. The third-order valence-corrected chi connectivity index (χ3v) is 7.69. The molecule has 1 atom stereocenters. The van der Waals surface area contributed by atoms with E-state index in [-0.39, 0.29) is 23.2 Å². The Hall–Kier alpha value is -2.16. The summed E-state index contributed by atoms with van der Waals surface area (Å²) in [6, 6.07) is 9.97. The van der Waals surface area contributed by atoms with Crippen LogP contribution in [0.15, 0.2) is 45.8 Å². The van der Waals surface area contributed by atoms with Gasteiger partial charge >= 0.3 is 0 Å². The smallest absolute Gasteiger partial charge is 0.227 e. The van der Waals surface area contributed by atoms with E-state index in [4.69, 9.17) is 9.15 Å². The van der Waals surface area contributed by atoms with Gasteiger partial charge in [-0.15, -0.1) is 0 Å². The first-order valence-electron chi connectivity index (χ1n) is 10.8. The second kappa shape index (κ2) is 9.14. The van der Waals surface area contributed by atoms with E-state index in [1.54, 1.807) is 0 Å². The molecule has 2 aliphatic heterocycles. The van der Waals surface area contributed by atoms with E-state index < -0.39 is 10.0 Å². The van der Waals surface area contributed by atoms with E-state index >= 15 is 0 Å². The maximum Gasteiger partial charge on any atom is 0.227 e. The van der Waals surface area contributed by atoms with Gasteiger partial charge in [-0.3, -0.25) is 9.69 Å². The van der Waals surface area contributed by atoms with Gasteiger partial charge in [0.1, 0.15) is 12.0 Å². The Kier molecular flexibility index (Phi) is 6.50. The number of nitrogens with zero attached hydrogens (tertiary/aromatic N) is 2. The van der Waals surface area contributed by atoms with Crippen LogP contribution in [0.2, 0.25) is 0 Å². The van der Waals surface area contributed by atoms with Crippen molar-refractivity contribution in [1.82, 2.24) is 9.21 Å². The van der Waals surface area contributed by atoms with Gasteiger partial charge in [-0.1, -0.05) is 24.3 Å². The summed E-state index contributed by atoms with van der Waals surface area (Å²) in [7, 11) is -3.15. The van der Waals surface area contributed by atoms with E-state index in [0.29, 0.717) is 38.2 Å². The van der Waals surface area contributed by atoms with Crippen LogP contribution in [-0.4, -0.2) is 49.6 Å². The van der Waals surface area contributed by atoms with Crippen LogP contribution in [-0.2, 0) is 29.5 Å². The Morgan fingerprint density at radius 2 is 1.87 bits per heavy atom. The Morgan fingerprint density at radius 1 is 1.16 bits per heavy atom. The average molecular weight is 447 g/mol. The van der Waals surface area contributed by atoms with E-state index in [9.17, 15) is 13.2 Å². The lowest BCUT2D eigenvalue weighted by Crippen LogP contribution is -2.41. The number of ether oxygens (including phenoxy) is 1. The summed E-state index contributed by atoms with van der Waals surface area (Å²) in [5, 5.41) is 0. The second-order valence-electron chi connectivity index (χ2n) is 8.63. The fourth-order valence-corrected chi connectivity index (χ4v) is 5.36. The summed E-state index contributed by atoms with van der Waals surface area (Å²) in [5.41, 5.74) is 2.53. The van der Waals surface area contributed by atoms with Gasteiger partial charge in [0.05, 0.1) is 18.9 Å². The first kappa shape index (κ1) is 22.0. The lowest BCUT2D eigenvalue weighted by atomic mass is 9.93. The van der Waals surface area contributed by atoms with Gasteiger partial charge in [0.2, 0.25) is 21.2 Å². The van der Waals surface area contributed by atoms with Gasteiger partial charge in [-0.25, -0.2) is 12.7 Å². The van der Waals surface area contributed by atoms with Gasteiger partial charge in [0, 0.05) is 32.2 Å². The molecule has 7 nitrogen and oxygen atoms in total. The van der Waals surface area contributed by atoms with E-state index in [2.05, 4.69) is 29.2 Å². The van der Waals surface area contributed by atoms with Crippen molar-refractivity contribution in [2.75, 3.05) is 25.9 Å². The van der Waals surface area contributed by atoms with E-state index in [0.717, 1.165) is 19.5 Å². The molecule has 1 fully saturated rings. The molecule has 0 N–H and O–H groups in total. The molecule has 1 aromatic heterocycles. The van der Waals surface area contributed by atoms with Crippen molar-refractivity contribution in [3.05, 3.63) is 63.7 Å². The van der Waals surface area contributed by atoms with Crippen molar-refractivity contribution in [2.45, 2.75) is 45.4 Å². The van der Waals surface area contributed by atoms with Crippen molar-refractivity contribution >= 4 is 10.0 Å². The lowest BCUT2D eigenvalue weighted by molar-refractivity contribution is 0.108. The fourth-order valence-electron chi connectivity index (χ4n) is 4.49. The van der Waals surface area contributed by atoms with Gasteiger partial charge in [-0.05, 0) is 43.2 Å². The third kappa shape index (κ3) is 5.37. The molecular weight excluding hydrogens is 416 g/mol. The Morgan fingerprint density at radius 3 is 2.55 bits per heavy atom. The highest BCUT2D eigenvalue weighted by Gasteiger charge is 2.29. The van der Waals surface area contributed by atoms with Crippen molar-refractivity contribution in [1.29, 1.82) is 0 Å². The van der Waals surface area contributed by atoms with Crippen LogP contribution in [0.3, 0.4) is 0 Å². The van der Waals surface area contributed by atoms with Gasteiger partial charge in [0.25, 0.3) is 0 Å². The molecular formula is C23H30N2O5S. The van der Waals surface area contributed by atoms with Crippen LogP contribution in [0.1, 0.15) is 36.7 Å². The number of hydrogen-bond donors (Lipinski definition) is 0. The first-order chi connectivity index (χ1) is 14.8. The molecule has 2 aromatic rings. The van der Waals surface area contributed by atoms with Crippen LogP contribution < -0.4 is 10.2 Å². The molecule has 0 saturated carbocycles. The van der Waals surface area contributed by atoms with Gasteiger partial charge in [0.15, 0.2) is 0 Å². The van der Waals surface area contributed by atoms with Gasteiger partial charge in [-0.2, -0.15) is 0 Å². The van der Waals surface area contributed by atoms with Crippen LogP contribution in [0.5, 0.6) is 5.75 Å². The number of fused-ring (bicyclic) bond motifs is 1. The fraction of sp³-hybridized carbons (Fsp3) is 0.522. The highest BCUT2D eigenvalue weighted by Crippen LogP contribution is 2.25. The molecule has 1 saturated heterocycles. The standard InChI is InChI=1S/C23H30N2O5S/c1-17(18-8-11-25(12-9-18)31(2,27)28)30-23-16-29-21(13-22(23)26)15-24-10-7-19-5-3-4-6-20(19)14-24/h3-6,13,16-18H,7-12,14-15H2,1-2H3. The average Bonchev–Trinajstić information content (AvgIpc) is 2.75. The van der Waals surface area contributed by atoms with E-state index in [1.807, 2.05) is 6.92 Å². The van der Waals surface area contributed by atoms with Crippen molar-refractivity contribution in [2.24, 2.45) is 5.92 Å². The summed E-state index contributed by atoms with van der Waals surface area (Å²) in [5.74, 6) is 1.04. The van der Waals surface area contributed by atoms with Crippen LogP contribution >= 0.6 is 0 Å². The predicted octanol–water partition coefficient (Wildman–Crippen LogP) is 2.64. The molecule has 0 spiro atoms. The Bertz CT molecular complexity index is 1070. The normalized spacial score (nSPS) is 19.7. The maximum absolute atomic E-state index is 12.6. The van der Waals surface area contributed by atoms with Crippen LogP contribution in [0, 0.1) is 5.92 Å². The number of piperidine rings is 1. The molecule has 0 aliphatic carbocycles. The molecule has 0 radical (unpaired) electrons. The molecule has 1 unspecified atom stereocenters. The summed E-state index contributed by atoms with van der Waals surface area (Å²) < 4.78 is 36.5. The molecule has 2 aliphatic rings. The number of benzene rings is 1. The quantitative estimate of drug-likeness (QED) is 0.679. The molecule has 0 amide bonds. The zero-order chi connectivity index (χ0) is 22.0. The maximum atomic E-state index is 12.6. The highest BCUT2D eigenvalue weighted by atomic mass is 32.2. The van der Waals surface area contributed by atoms with Crippen molar-refractivity contribution in [3.63, 3.8) is 0 Å². The molecule has 8 heteroatoms. The molecule has 0 bridgehead atoms. The second-order valence-corrected chi connectivity index (χ2v) is 10.6. The zero-order valence-electron chi connectivity index (χ0n) is 18.1. The Balaban J connectivity index is 1.33. The third-order valence-electron chi connectivity index (χ3n) is 6.39. The number of rotatable bonds is 6. The van der Waals surface area contributed by atoms with Crippen molar-refractivity contribution < 1.29 is 17.6 Å². The summed E-state index contributed by atoms with van der Waals surface area (Å²) >= 11 is 0. The zero-order valence-corrected chi connectivity index (χ0v) is 18.9. The summed E-state index contributed by atoms with van der Waals surface area (Å²) in [6.07, 6.45) is 4.90. The summed E-state index contributed by atoms with van der Waals surface area (Å²) in [6.45, 7) is 5.28. The van der Waals surface area contributed by atoms with E-state index in [1.165, 1.54) is 34.0 Å². The summed E-state index contributed by atoms with van der Waals surface area (Å²) in [4.78, 5) is 14.9. The topological polar surface area (TPSA) is 80.1 Å². The monoisotopic (exact) mass is 446 g/mol. The van der Waals surface area contributed by atoms with Crippen LogP contribution in [0.25, 0.3) is 0 Å². The largest absolute Gasteiger partial charge is 0.483 e. The lowest BCUT2D eigenvalue weighted by Gasteiger charge is -2.33. The number of hydrogen-bond acceptors (Lipinski definition) is 6. The molecule has 168 valence electrons. The van der Waals surface area contributed by atoms with Gasteiger partial charge < -0.3 is 9.15 Å². The Labute approximate surface area is 183 Å². The SMILES string of the molecule is CC(Oc1coc(CN2CCc3ccccc3C2)cc1=O)C1CCN(S(C)(=O)=O)CC1.